The minimum atomic E-state index is 0.232. The first-order valence-electron chi connectivity index (χ1n) is 5.73. The van der Waals surface area contributed by atoms with Crippen LogP contribution in [-0.2, 0) is 4.74 Å². The van der Waals surface area contributed by atoms with Gasteiger partial charge >= 0.3 is 0 Å². The molecule has 1 unspecified atom stereocenters. The Labute approximate surface area is 106 Å². The second kappa shape index (κ2) is 4.98. The van der Waals surface area contributed by atoms with E-state index < -0.39 is 0 Å². The molecule has 0 spiro atoms. The number of ether oxygens (including phenoxy) is 1. The van der Waals surface area contributed by atoms with Crippen molar-refractivity contribution in [3.8, 4) is 0 Å². The van der Waals surface area contributed by atoms with E-state index in [1.165, 1.54) is 0 Å². The number of hydrogen-bond donors (Lipinski definition) is 1. The number of imidazole rings is 1. The van der Waals surface area contributed by atoms with E-state index in [-0.39, 0.29) is 6.04 Å². The van der Waals surface area contributed by atoms with Crippen LogP contribution >= 0.6 is 12.2 Å². The Morgan fingerprint density at radius 1 is 1.59 bits per heavy atom. The second-order valence-electron chi connectivity index (χ2n) is 4.14. The average Bonchev–Trinajstić information content (AvgIpc) is 2.64. The Bertz CT molecular complexity index is 573. The van der Waals surface area contributed by atoms with E-state index in [0.29, 0.717) is 11.4 Å². The molecule has 2 heterocycles. The van der Waals surface area contributed by atoms with Gasteiger partial charge in [0, 0.05) is 13.3 Å². The highest BCUT2D eigenvalue weighted by Crippen LogP contribution is 2.21. The summed E-state index contributed by atoms with van der Waals surface area (Å²) in [7, 11) is 1.71. The Hall–Kier alpha value is -1.20. The maximum atomic E-state index is 5.38. The highest BCUT2D eigenvalue weighted by Gasteiger charge is 2.15. The van der Waals surface area contributed by atoms with E-state index in [1.54, 1.807) is 7.11 Å². The zero-order chi connectivity index (χ0) is 12.4. The van der Waals surface area contributed by atoms with Crippen LogP contribution in [0.4, 0.5) is 0 Å². The molecule has 2 rings (SSSR count). The maximum Gasteiger partial charge on any atom is 0.179 e. The van der Waals surface area contributed by atoms with Gasteiger partial charge in [-0.05, 0) is 37.2 Å². The third-order valence-electron chi connectivity index (χ3n) is 3.01. The van der Waals surface area contributed by atoms with E-state index in [0.717, 1.165) is 23.1 Å². The highest BCUT2D eigenvalue weighted by molar-refractivity contribution is 7.71. The molecule has 0 aliphatic rings. The number of aryl methyl sites for hydroxylation is 1. The number of aromatic nitrogens is 3. The number of H-pyrrole nitrogens is 1. The molecule has 0 bridgehead atoms. The second-order valence-corrected chi connectivity index (χ2v) is 4.53. The number of nitrogens with zero attached hydrogens (tertiary/aromatic N) is 2. The topological polar surface area (TPSA) is 42.8 Å². The Morgan fingerprint density at radius 2 is 2.35 bits per heavy atom. The molecule has 92 valence electrons. The number of aromatic amines is 1. The van der Waals surface area contributed by atoms with Gasteiger partial charge in [0.1, 0.15) is 0 Å². The zero-order valence-corrected chi connectivity index (χ0v) is 11.2. The number of methoxy groups -OCH3 is 1. The van der Waals surface area contributed by atoms with Gasteiger partial charge in [-0.15, -0.1) is 0 Å². The molecule has 0 aliphatic carbocycles. The lowest BCUT2D eigenvalue weighted by molar-refractivity contribution is 0.154. The molecular weight excluding hydrogens is 234 g/mol. The van der Waals surface area contributed by atoms with Crippen LogP contribution in [-0.4, -0.2) is 28.3 Å². The van der Waals surface area contributed by atoms with Crippen LogP contribution < -0.4 is 0 Å². The molecule has 17 heavy (non-hydrogen) atoms. The maximum absolute atomic E-state index is 5.38. The standard InChI is InChI=1S/C12H17N3OS/c1-4-9(7-16-3)15-11-10(14-12(15)17)8(2)5-6-13-11/h5-6,9H,4,7H2,1-3H3,(H,14,17). The van der Waals surface area contributed by atoms with Crippen molar-refractivity contribution in [2.75, 3.05) is 13.7 Å². The van der Waals surface area contributed by atoms with Crippen LogP contribution in [0.2, 0.25) is 0 Å². The smallest absolute Gasteiger partial charge is 0.179 e. The third-order valence-corrected chi connectivity index (χ3v) is 3.31. The summed E-state index contributed by atoms with van der Waals surface area (Å²) < 4.78 is 8.01. The molecule has 0 aliphatic heterocycles. The van der Waals surface area contributed by atoms with Crippen LogP contribution in [0.25, 0.3) is 11.2 Å². The number of pyridine rings is 1. The van der Waals surface area contributed by atoms with Crippen LogP contribution in [0.5, 0.6) is 0 Å². The molecule has 0 fully saturated rings. The van der Waals surface area contributed by atoms with E-state index in [2.05, 4.69) is 28.4 Å². The molecule has 2 aromatic rings. The van der Waals surface area contributed by atoms with Crippen molar-refractivity contribution in [2.24, 2.45) is 0 Å². The molecule has 0 aromatic carbocycles. The Morgan fingerprint density at radius 3 is 3.00 bits per heavy atom. The molecule has 1 atom stereocenters. The van der Waals surface area contributed by atoms with Crippen molar-refractivity contribution < 1.29 is 4.74 Å². The van der Waals surface area contributed by atoms with Crippen molar-refractivity contribution in [1.29, 1.82) is 0 Å². The number of rotatable bonds is 4. The van der Waals surface area contributed by atoms with Gasteiger partial charge in [-0.3, -0.25) is 4.57 Å². The fourth-order valence-corrected chi connectivity index (χ4v) is 2.39. The van der Waals surface area contributed by atoms with Gasteiger partial charge < -0.3 is 9.72 Å². The lowest BCUT2D eigenvalue weighted by Crippen LogP contribution is -2.14. The van der Waals surface area contributed by atoms with Gasteiger partial charge in [0.2, 0.25) is 0 Å². The fraction of sp³-hybridized carbons (Fsp3) is 0.500. The van der Waals surface area contributed by atoms with Gasteiger partial charge in [0.15, 0.2) is 10.4 Å². The van der Waals surface area contributed by atoms with Gasteiger partial charge in [0.05, 0.1) is 18.2 Å². The first-order chi connectivity index (χ1) is 8.19. The quantitative estimate of drug-likeness (QED) is 0.849. The summed E-state index contributed by atoms with van der Waals surface area (Å²) in [5.74, 6) is 0. The molecule has 0 saturated carbocycles. The monoisotopic (exact) mass is 251 g/mol. The lowest BCUT2D eigenvalue weighted by atomic mass is 10.2. The predicted molar refractivity (Wildman–Crippen MR) is 70.9 cm³/mol. The summed E-state index contributed by atoms with van der Waals surface area (Å²) in [6, 6.07) is 2.21. The van der Waals surface area contributed by atoms with E-state index in [1.807, 2.05) is 12.3 Å². The molecular formula is C12H17N3OS. The number of nitrogens with one attached hydrogen (secondary N) is 1. The summed E-state index contributed by atoms with van der Waals surface area (Å²) >= 11 is 5.38. The van der Waals surface area contributed by atoms with Crippen molar-refractivity contribution in [3.05, 3.63) is 22.6 Å². The minimum Gasteiger partial charge on any atom is -0.383 e. The molecule has 2 aromatic heterocycles. The molecule has 0 amide bonds. The van der Waals surface area contributed by atoms with Gasteiger partial charge in [-0.25, -0.2) is 4.98 Å². The number of hydrogen-bond acceptors (Lipinski definition) is 3. The van der Waals surface area contributed by atoms with Gasteiger partial charge in [-0.1, -0.05) is 6.92 Å². The highest BCUT2D eigenvalue weighted by atomic mass is 32.1. The van der Waals surface area contributed by atoms with Crippen molar-refractivity contribution >= 4 is 23.4 Å². The first-order valence-corrected chi connectivity index (χ1v) is 6.14. The summed E-state index contributed by atoms with van der Waals surface area (Å²) in [5.41, 5.74) is 3.10. The molecule has 1 N–H and O–H groups in total. The van der Waals surface area contributed by atoms with Crippen LogP contribution in [0.15, 0.2) is 12.3 Å². The zero-order valence-electron chi connectivity index (χ0n) is 10.4. The minimum absolute atomic E-state index is 0.232. The largest absolute Gasteiger partial charge is 0.383 e. The van der Waals surface area contributed by atoms with Crippen LogP contribution in [0, 0.1) is 11.7 Å². The molecule has 4 nitrogen and oxygen atoms in total. The summed E-state index contributed by atoms with van der Waals surface area (Å²) in [6.07, 6.45) is 2.78. The summed E-state index contributed by atoms with van der Waals surface area (Å²) in [6.45, 7) is 4.82. The fourth-order valence-electron chi connectivity index (χ4n) is 2.05. The van der Waals surface area contributed by atoms with Crippen molar-refractivity contribution in [1.82, 2.24) is 14.5 Å². The predicted octanol–water partition coefficient (Wildman–Crippen LogP) is 3.00. The van der Waals surface area contributed by atoms with E-state index in [9.17, 15) is 0 Å². The first kappa shape index (κ1) is 12.3. The van der Waals surface area contributed by atoms with E-state index >= 15 is 0 Å². The van der Waals surface area contributed by atoms with Crippen molar-refractivity contribution in [3.63, 3.8) is 0 Å². The molecule has 5 heteroatoms. The average molecular weight is 251 g/mol. The van der Waals surface area contributed by atoms with Crippen LogP contribution in [0.3, 0.4) is 0 Å². The van der Waals surface area contributed by atoms with Crippen molar-refractivity contribution in [2.45, 2.75) is 26.3 Å². The SMILES string of the molecule is CCC(COC)n1c(=S)[nH]c2c(C)ccnc21. The normalized spacial score (nSPS) is 13.1. The van der Waals surface area contributed by atoms with Gasteiger partial charge in [-0.2, -0.15) is 0 Å². The molecule has 0 saturated heterocycles. The summed E-state index contributed by atoms with van der Waals surface area (Å²) in [4.78, 5) is 7.65. The number of fused-ring (bicyclic) bond motifs is 1. The third kappa shape index (κ3) is 2.12. The van der Waals surface area contributed by atoms with E-state index in [4.69, 9.17) is 17.0 Å². The summed E-state index contributed by atoms with van der Waals surface area (Å²) in [5, 5.41) is 0. The van der Waals surface area contributed by atoms with Crippen LogP contribution in [0.1, 0.15) is 24.9 Å². The van der Waals surface area contributed by atoms with Gasteiger partial charge in [0.25, 0.3) is 0 Å². The Balaban J connectivity index is 2.64. The lowest BCUT2D eigenvalue weighted by Gasteiger charge is -2.16. The molecule has 0 radical (unpaired) electrons. The Kier molecular flexibility index (Phi) is 3.59.